The first kappa shape index (κ1) is 46.1. The van der Waals surface area contributed by atoms with Gasteiger partial charge in [-0.2, -0.15) is 0 Å². The first-order valence-electron chi connectivity index (χ1n) is 18.1. The van der Waals surface area contributed by atoms with Crippen molar-refractivity contribution in [3.05, 3.63) is 82.9 Å². The average Bonchev–Trinajstić information content (AvgIpc) is 3.92. The van der Waals surface area contributed by atoms with E-state index in [0.717, 1.165) is 5.56 Å². The Kier molecular flexibility index (Phi) is 18.4. The quantitative estimate of drug-likeness (QED) is 0.0478. The molecule has 0 saturated heterocycles. The molecule has 0 heterocycles. The van der Waals surface area contributed by atoms with E-state index in [1.165, 1.54) is 13.2 Å². The Bertz CT molecular complexity index is 1650. The summed E-state index contributed by atoms with van der Waals surface area (Å²) in [6.07, 6.45) is 7.63. The molecule has 4 N–H and O–H groups in total. The molecule has 4 atom stereocenters. The third kappa shape index (κ3) is 16.4. The molecule has 0 radical (unpaired) electrons. The summed E-state index contributed by atoms with van der Waals surface area (Å²) in [5, 5.41) is 18.5. The lowest BCUT2D eigenvalue weighted by molar-refractivity contribution is -0.155. The minimum absolute atomic E-state index is 0.00285. The van der Waals surface area contributed by atoms with Crippen molar-refractivity contribution in [2.45, 2.75) is 81.7 Å². The van der Waals surface area contributed by atoms with E-state index in [-0.39, 0.29) is 37.1 Å². The van der Waals surface area contributed by atoms with Crippen molar-refractivity contribution in [3.63, 3.8) is 0 Å². The summed E-state index contributed by atoms with van der Waals surface area (Å²) in [5.74, 6) is -2.15. The van der Waals surface area contributed by atoms with E-state index in [1.54, 1.807) is 31.1 Å². The molecule has 0 bridgehead atoms. The van der Waals surface area contributed by atoms with Gasteiger partial charge in [0.05, 0.1) is 17.5 Å². The van der Waals surface area contributed by atoms with Gasteiger partial charge < -0.3 is 35.1 Å². The number of rotatable bonds is 21. The molecule has 1 saturated carbocycles. The smallest absolute Gasteiger partial charge is 0.373 e. The van der Waals surface area contributed by atoms with Crippen LogP contribution in [0.4, 0.5) is 0 Å². The van der Waals surface area contributed by atoms with Gasteiger partial charge in [-0.1, -0.05) is 122 Å². The van der Waals surface area contributed by atoms with Crippen LogP contribution < -0.4 is 20.6 Å². The molecule has 0 spiro atoms. The van der Waals surface area contributed by atoms with Crippen molar-refractivity contribution in [1.82, 2.24) is 15.9 Å². The van der Waals surface area contributed by atoms with Gasteiger partial charge in [-0.05, 0) is 61.3 Å². The molecule has 0 aliphatic heterocycles. The summed E-state index contributed by atoms with van der Waals surface area (Å²) in [5.41, 5.74) is 0.857. The number of benzene rings is 2. The molecule has 1 aliphatic carbocycles. The molecule has 11 nitrogen and oxygen atoms in total. The number of esters is 2. The van der Waals surface area contributed by atoms with Crippen LogP contribution in [-0.4, -0.2) is 78.1 Å². The number of amides is 2. The van der Waals surface area contributed by atoms with Gasteiger partial charge in [0.15, 0.2) is 0 Å². The van der Waals surface area contributed by atoms with E-state index in [1.807, 2.05) is 63.3 Å². The summed E-state index contributed by atoms with van der Waals surface area (Å²) in [4.78, 5) is 53.5. The van der Waals surface area contributed by atoms with Crippen LogP contribution in [-0.2, 0) is 35.1 Å². The van der Waals surface area contributed by atoms with Gasteiger partial charge >= 0.3 is 19.0 Å². The Balaban J connectivity index is 1.79. The molecule has 55 heavy (non-hydrogen) atoms. The highest BCUT2D eigenvalue weighted by Crippen LogP contribution is 2.45. The number of alkyl halides is 3. The van der Waals surface area contributed by atoms with E-state index >= 15 is 0 Å². The molecule has 2 aromatic rings. The third-order valence-corrected chi connectivity index (χ3v) is 9.51. The zero-order valence-corrected chi connectivity index (χ0v) is 34.7. The average molecular weight is 841 g/mol. The van der Waals surface area contributed by atoms with Gasteiger partial charge in [-0.15, -0.1) is 0 Å². The molecule has 3 rings (SSSR count). The minimum Gasteiger partial charge on any atom is -0.495 e. The maximum atomic E-state index is 13.8. The summed E-state index contributed by atoms with van der Waals surface area (Å²) in [6, 6.07) is 12.5. The third-order valence-electron chi connectivity index (χ3n) is 8.89. The van der Waals surface area contributed by atoms with E-state index in [9.17, 15) is 24.2 Å². The van der Waals surface area contributed by atoms with Crippen LogP contribution >= 0.6 is 46.4 Å². The topological polar surface area (TPSA) is 152 Å². The van der Waals surface area contributed by atoms with Crippen molar-refractivity contribution < 1.29 is 38.4 Å². The minimum atomic E-state index is -1.86. The summed E-state index contributed by atoms with van der Waals surface area (Å²) >= 11 is 23.6. The largest absolute Gasteiger partial charge is 0.495 e. The lowest BCUT2D eigenvalue weighted by atomic mass is 9.87. The number of carbonyl (C=O) groups excluding carboxylic acids is 4. The first-order chi connectivity index (χ1) is 25.9. The summed E-state index contributed by atoms with van der Waals surface area (Å²) in [6.45, 7) is 7.11. The van der Waals surface area contributed by atoms with Crippen molar-refractivity contribution in [3.8, 4) is 5.75 Å². The first-order valence-corrected chi connectivity index (χ1v) is 19.6. The van der Waals surface area contributed by atoms with Gasteiger partial charge in [0.1, 0.15) is 30.5 Å². The van der Waals surface area contributed by atoms with Crippen molar-refractivity contribution >= 4 is 83.3 Å². The monoisotopic (exact) mass is 839 g/mol. The van der Waals surface area contributed by atoms with E-state index in [0.29, 0.717) is 35.6 Å². The standard InChI is InChI=1S/C39H50BCl4N3O8/c1-25(2)20-30(47-37(51)38(18-19-38)23-45-40(4)52)36(50)55-32(26(3)14-15-27-10-7-6-8-11-27)12-9-13-34(48)46-31(35(49)54-24-39(42,43)44)22-28-16-17-33(53-5)29(41)21-28/h6-11,13-17,21,25-26,30-32,45,52H,12,18-20,22-24H2,1-5H3,(H,46,48)(H,47,51)/t26-,30+,31-,32+/m1/s1. The normalized spacial score (nSPS) is 15.9. The van der Waals surface area contributed by atoms with Gasteiger partial charge in [0, 0.05) is 25.3 Å². The zero-order chi connectivity index (χ0) is 40.8. The molecule has 2 amide bonds. The molecule has 300 valence electrons. The fraction of sp³-hybridized carbons (Fsp3) is 0.487. The highest BCUT2D eigenvalue weighted by atomic mass is 35.6. The lowest BCUT2D eigenvalue weighted by Crippen LogP contribution is -2.49. The fourth-order valence-electron chi connectivity index (χ4n) is 5.58. The number of carbonyl (C=O) groups is 4. The number of hydrogen-bond donors (Lipinski definition) is 4. The Morgan fingerprint density at radius 2 is 1.69 bits per heavy atom. The number of ether oxygens (including phenoxy) is 3. The molecular weight excluding hydrogens is 791 g/mol. The second-order valence-electron chi connectivity index (χ2n) is 14.2. The Labute approximate surface area is 343 Å². The van der Waals surface area contributed by atoms with Crippen LogP contribution in [0.1, 0.15) is 57.6 Å². The molecule has 1 fully saturated rings. The van der Waals surface area contributed by atoms with E-state index < -0.39 is 58.9 Å². The Hall–Kier alpha value is -3.26. The van der Waals surface area contributed by atoms with E-state index in [2.05, 4.69) is 15.9 Å². The van der Waals surface area contributed by atoms with Crippen molar-refractivity contribution in [1.29, 1.82) is 0 Å². The molecule has 0 aromatic heterocycles. The zero-order valence-electron chi connectivity index (χ0n) is 31.7. The SMILES string of the molecule is COc1ccc(C[C@@H](NC(=O)C=CC[C@H](OC(=O)[C@H](CC(C)C)NC(=O)C2(CNB(C)O)CC2)[C@H](C)C=Cc2ccccc2)C(=O)OCC(Cl)(Cl)Cl)cc1Cl. The number of hydrogen-bond acceptors (Lipinski definition) is 9. The molecule has 0 unspecified atom stereocenters. The van der Waals surface area contributed by atoms with Gasteiger partial charge in [0.2, 0.25) is 15.6 Å². The highest BCUT2D eigenvalue weighted by molar-refractivity contribution is 6.67. The second kappa shape index (κ2) is 21.9. The molecule has 16 heteroatoms. The predicted octanol–water partition coefficient (Wildman–Crippen LogP) is 6.51. The summed E-state index contributed by atoms with van der Waals surface area (Å²) in [7, 11) is 0.699. The van der Waals surface area contributed by atoms with Crippen molar-refractivity contribution in [2.75, 3.05) is 20.3 Å². The van der Waals surface area contributed by atoms with Crippen LogP contribution in [0.3, 0.4) is 0 Å². The summed E-state index contributed by atoms with van der Waals surface area (Å²) < 4.78 is 14.6. The highest BCUT2D eigenvalue weighted by Gasteiger charge is 2.50. The fourth-order valence-corrected chi connectivity index (χ4v) is 6.02. The maximum Gasteiger partial charge on any atom is 0.373 e. The molecule has 2 aromatic carbocycles. The van der Waals surface area contributed by atoms with E-state index in [4.69, 9.17) is 60.6 Å². The number of halogens is 4. The van der Waals surface area contributed by atoms with Crippen LogP contribution in [0.25, 0.3) is 6.08 Å². The van der Waals surface area contributed by atoms with Gasteiger partial charge in [0.25, 0.3) is 0 Å². The van der Waals surface area contributed by atoms with Gasteiger partial charge in [-0.3, -0.25) is 9.59 Å². The van der Waals surface area contributed by atoms with Crippen LogP contribution in [0.5, 0.6) is 5.75 Å². The number of nitrogens with one attached hydrogen (secondary N) is 3. The van der Waals surface area contributed by atoms with Gasteiger partial charge in [-0.25, -0.2) is 9.59 Å². The molecule has 1 aliphatic rings. The second-order valence-corrected chi connectivity index (χ2v) is 17.1. The number of methoxy groups -OCH3 is 1. The van der Waals surface area contributed by atoms with Crippen molar-refractivity contribution in [2.24, 2.45) is 17.3 Å². The Morgan fingerprint density at radius 1 is 1.00 bits per heavy atom. The Morgan fingerprint density at radius 3 is 2.27 bits per heavy atom. The van der Waals surface area contributed by atoms with Crippen LogP contribution in [0.2, 0.25) is 11.8 Å². The molecular formula is C39H50BCl4N3O8. The predicted molar refractivity (Wildman–Crippen MR) is 218 cm³/mol. The lowest BCUT2D eigenvalue weighted by Gasteiger charge is -2.27. The van der Waals surface area contributed by atoms with Crippen LogP contribution in [0.15, 0.2) is 66.8 Å². The maximum absolute atomic E-state index is 13.8. The van der Waals surface area contributed by atoms with Crippen LogP contribution in [0, 0.1) is 17.3 Å².